The number of aryl methyl sites for hydroxylation is 1. The first-order valence-corrected chi connectivity index (χ1v) is 6.13. The number of carbonyl (C=O) groups excluding carboxylic acids is 1. The maximum Gasteiger partial charge on any atom is 0.236 e. The van der Waals surface area contributed by atoms with Crippen LogP contribution in [0.15, 0.2) is 12.3 Å². The Kier molecular flexibility index (Phi) is 5.69. The van der Waals surface area contributed by atoms with Crippen molar-refractivity contribution >= 4 is 5.91 Å². The normalized spacial score (nSPS) is 12.4. The number of rotatable bonds is 7. The molecule has 1 aromatic heterocycles. The van der Waals surface area contributed by atoms with E-state index in [1.54, 1.807) is 4.68 Å². The van der Waals surface area contributed by atoms with Crippen LogP contribution >= 0.6 is 0 Å². The highest BCUT2D eigenvalue weighted by atomic mass is 16.2. The van der Waals surface area contributed by atoms with Crippen molar-refractivity contribution < 1.29 is 4.79 Å². The predicted molar refractivity (Wildman–Crippen MR) is 67.7 cm³/mol. The van der Waals surface area contributed by atoms with Crippen LogP contribution in [0, 0.1) is 0 Å². The molecule has 1 heterocycles. The largest absolute Gasteiger partial charge is 0.355 e. The molecule has 0 saturated carbocycles. The van der Waals surface area contributed by atoms with Gasteiger partial charge in [0.2, 0.25) is 5.91 Å². The molecule has 0 radical (unpaired) electrons. The molecule has 0 aliphatic rings. The summed E-state index contributed by atoms with van der Waals surface area (Å²) in [5.74, 6) is 0.0628. The van der Waals surface area contributed by atoms with Crippen molar-refractivity contribution in [3.63, 3.8) is 0 Å². The molecule has 96 valence electrons. The lowest BCUT2D eigenvalue weighted by molar-refractivity contribution is -0.122. The fourth-order valence-corrected chi connectivity index (χ4v) is 1.51. The van der Waals surface area contributed by atoms with E-state index in [-0.39, 0.29) is 11.9 Å². The van der Waals surface area contributed by atoms with Crippen LogP contribution in [0.5, 0.6) is 0 Å². The monoisotopic (exact) mass is 238 g/mol. The molecule has 0 saturated heterocycles. The maximum absolute atomic E-state index is 11.6. The number of aromatic nitrogens is 2. The summed E-state index contributed by atoms with van der Waals surface area (Å²) < 4.78 is 1.78. The van der Waals surface area contributed by atoms with Crippen LogP contribution in [-0.2, 0) is 18.3 Å². The standard InChI is InChI=1S/C12H22N4O/c1-4-7-14-12(17)10(2)13-8-5-11-6-9-16(3)15-11/h6,9-10,13H,4-5,7-8H2,1-3H3,(H,14,17). The Balaban J connectivity index is 2.19. The summed E-state index contributed by atoms with van der Waals surface area (Å²) in [6, 6.07) is 1.84. The Hall–Kier alpha value is -1.36. The third-order valence-corrected chi connectivity index (χ3v) is 2.54. The summed E-state index contributed by atoms with van der Waals surface area (Å²) in [7, 11) is 1.90. The first kappa shape index (κ1) is 13.7. The van der Waals surface area contributed by atoms with Crippen LogP contribution in [0.25, 0.3) is 0 Å². The van der Waals surface area contributed by atoms with Crippen LogP contribution in [0.2, 0.25) is 0 Å². The van der Waals surface area contributed by atoms with Gasteiger partial charge in [0, 0.05) is 32.8 Å². The van der Waals surface area contributed by atoms with Gasteiger partial charge in [-0.05, 0) is 19.4 Å². The molecule has 1 unspecified atom stereocenters. The van der Waals surface area contributed by atoms with Crippen molar-refractivity contribution in [2.45, 2.75) is 32.7 Å². The van der Waals surface area contributed by atoms with E-state index in [9.17, 15) is 4.79 Å². The van der Waals surface area contributed by atoms with E-state index >= 15 is 0 Å². The molecule has 0 fully saturated rings. The van der Waals surface area contributed by atoms with Crippen molar-refractivity contribution in [1.82, 2.24) is 20.4 Å². The minimum absolute atomic E-state index is 0.0628. The van der Waals surface area contributed by atoms with E-state index in [2.05, 4.69) is 15.7 Å². The first-order chi connectivity index (χ1) is 8.13. The maximum atomic E-state index is 11.6. The zero-order valence-corrected chi connectivity index (χ0v) is 10.9. The molecule has 1 rings (SSSR count). The molecule has 0 aliphatic carbocycles. The summed E-state index contributed by atoms with van der Waals surface area (Å²) in [5.41, 5.74) is 1.04. The minimum atomic E-state index is -0.148. The summed E-state index contributed by atoms with van der Waals surface area (Å²) >= 11 is 0. The molecule has 5 heteroatoms. The van der Waals surface area contributed by atoms with Crippen LogP contribution in [0.3, 0.4) is 0 Å². The first-order valence-electron chi connectivity index (χ1n) is 6.13. The topological polar surface area (TPSA) is 59.0 Å². The smallest absolute Gasteiger partial charge is 0.236 e. The van der Waals surface area contributed by atoms with Gasteiger partial charge in [-0.15, -0.1) is 0 Å². The van der Waals surface area contributed by atoms with E-state index in [4.69, 9.17) is 0 Å². The summed E-state index contributed by atoms with van der Waals surface area (Å²) in [4.78, 5) is 11.6. The number of nitrogens with zero attached hydrogens (tertiary/aromatic N) is 2. The van der Waals surface area contributed by atoms with E-state index in [0.717, 1.165) is 31.6 Å². The zero-order chi connectivity index (χ0) is 12.7. The van der Waals surface area contributed by atoms with Crippen LogP contribution in [-0.4, -0.2) is 34.8 Å². The molecule has 5 nitrogen and oxygen atoms in total. The lowest BCUT2D eigenvalue weighted by Crippen LogP contribution is -2.43. The summed E-state index contributed by atoms with van der Waals surface area (Å²) in [6.07, 6.45) is 3.73. The highest BCUT2D eigenvalue weighted by Gasteiger charge is 2.10. The molecule has 1 amide bonds. The molecule has 0 aromatic carbocycles. The van der Waals surface area contributed by atoms with Gasteiger partial charge in [-0.1, -0.05) is 6.92 Å². The highest BCUT2D eigenvalue weighted by Crippen LogP contribution is 1.94. The molecular formula is C12H22N4O. The fraction of sp³-hybridized carbons (Fsp3) is 0.667. The van der Waals surface area contributed by atoms with E-state index in [1.807, 2.05) is 33.2 Å². The van der Waals surface area contributed by atoms with Crippen molar-refractivity contribution in [1.29, 1.82) is 0 Å². The van der Waals surface area contributed by atoms with Crippen molar-refractivity contribution in [2.75, 3.05) is 13.1 Å². The molecular weight excluding hydrogens is 216 g/mol. The quantitative estimate of drug-likeness (QED) is 0.726. The highest BCUT2D eigenvalue weighted by molar-refractivity contribution is 5.81. The number of nitrogens with one attached hydrogen (secondary N) is 2. The Morgan fingerprint density at radius 1 is 1.53 bits per heavy atom. The second-order valence-corrected chi connectivity index (χ2v) is 4.20. The van der Waals surface area contributed by atoms with Gasteiger partial charge in [-0.3, -0.25) is 9.48 Å². The molecule has 1 atom stereocenters. The fourth-order valence-electron chi connectivity index (χ4n) is 1.51. The number of amides is 1. The minimum Gasteiger partial charge on any atom is -0.355 e. The molecule has 2 N–H and O–H groups in total. The van der Waals surface area contributed by atoms with E-state index < -0.39 is 0 Å². The van der Waals surface area contributed by atoms with E-state index in [1.165, 1.54) is 0 Å². The molecule has 0 spiro atoms. The van der Waals surface area contributed by atoms with Crippen molar-refractivity contribution in [3.05, 3.63) is 18.0 Å². The number of carbonyl (C=O) groups is 1. The van der Waals surface area contributed by atoms with Gasteiger partial charge in [0.1, 0.15) is 0 Å². The average molecular weight is 238 g/mol. The SMILES string of the molecule is CCCNC(=O)C(C)NCCc1ccn(C)n1. The molecule has 17 heavy (non-hydrogen) atoms. The van der Waals surface area contributed by atoms with Gasteiger partial charge in [0.05, 0.1) is 11.7 Å². The van der Waals surface area contributed by atoms with Gasteiger partial charge < -0.3 is 10.6 Å². The number of hydrogen-bond acceptors (Lipinski definition) is 3. The van der Waals surface area contributed by atoms with Crippen LogP contribution in [0.4, 0.5) is 0 Å². The van der Waals surface area contributed by atoms with Gasteiger partial charge in [-0.25, -0.2) is 0 Å². The lowest BCUT2D eigenvalue weighted by atomic mass is 10.2. The Morgan fingerprint density at radius 2 is 2.29 bits per heavy atom. The second kappa shape index (κ2) is 7.06. The summed E-state index contributed by atoms with van der Waals surface area (Å²) in [6.45, 7) is 5.42. The van der Waals surface area contributed by atoms with E-state index in [0.29, 0.717) is 0 Å². The molecule has 1 aromatic rings. The Bertz CT molecular complexity index is 348. The van der Waals surface area contributed by atoms with Crippen LogP contribution in [0.1, 0.15) is 26.0 Å². The average Bonchev–Trinajstić information content (AvgIpc) is 2.71. The third-order valence-electron chi connectivity index (χ3n) is 2.54. The van der Waals surface area contributed by atoms with Crippen molar-refractivity contribution in [2.24, 2.45) is 7.05 Å². The van der Waals surface area contributed by atoms with Gasteiger partial charge in [-0.2, -0.15) is 5.10 Å². The molecule has 0 bridgehead atoms. The van der Waals surface area contributed by atoms with Gasteiger partial charge in [0.15, 0.2) is 0 Å². The van der Waals surface area contributed by atoms with Gasteiger partial charge >= 0.3 is 0 Å². The zero-order valence-electron chi connectivity index (χ0n) is 10.9. The van der Waals surface area contributed by atoms with Gasteiger partial charge in [0.25, 0.3) is 0 Å². The lowest BCUT2D eigenvalue weighted by Gasteiger charge is -2.13. The summed E-state index contributed by atoms with van der Waals surface area (Å²) in [5, 5.41) is 10.3. The molecule has 0 aliphatic heterocycles. The predicted octanol–water partition coefficient (Wildman–Crippen LogP) is 0.467. The number of hydrogen-bond donors (Lipinski definition) is 2. The Morgan fingerprint density at radius 3 is 2.88 bits per heavy atom. The Labute approximate surface area is 103 Å². The third kappa shape index (κ3) is 4.99. The second-order valence-electron chi connectivity index (χ2n) is 4.20. The van der Waals surface area contributed by atoms with Crippen molar-refractivity contribution in [3.8, 4) is 0 Å². The van der Waals surface area contributed by atoms with Crippen LogP contribution < -0.4 is 10.6 Å².